The molecule has 0 N–H and O–H groups in total. The van der Waals surface area contributed by atoms with Gasteiger partial charge in [0.15, 0.2) is 0 Å². The molecule has 14 rings (SSSR count). The summed E-state index contributed by atoms with van der Waals surface area (Å²) in [5.74, 6) is 0.938. The average molecular weight is 910 g/mol. The molecule has 1 spiro atoms. The Kier molecular flexibility index (Phi) is 9.07. The summed E-state index contributed by atoms with van der Waals surface area (Å²) in [7, 11) is 0. The molecule has 1 aliphatic heterocycles. The fourth-order valence-electron chi connectivity index (χ4n) is 13.4. The van der Waals surface area contributed by atoms with E-state index in [-0.39, 0.29) is 11.3 Å². The fourth-order valence-corrected chi connectivity index (χ4v) is 13.4. The standard InChI is InChI=1S/C69H51NO/c1-67(2)58-31-17-13-28-53(58)55-42-40-51(44-61(55)67)70(63-34-20-16-27-52(63)46-21-7-4-8-22-46)50-38-35-45(36-39-50)49-37-41-56-54-29-14-18-32-59(54)69(62(56)43-49)60-33-19-15-30-57(60)65-64(47-23-9-5-10-24-47)66(71-68(65,69)3)48-25-11-6-12-26-48/h4-44,65H,1-3H3. The maximum atomic E-state index is 7.81. The van der Waals surface area contributed by atoms with Crippen molar-refractivity contribution in [3.05, 3.63) is 293 Å². The smallest absolute Gasteiger partial charge is 0.135 e. The Balaban J connectivity index is 0.927. The molecule has 0 aromatic heterocycles. The fraction of sp³-hybridized carbons (Fsp3) is 0.101. The van der Waals surface area contributed by atoms with Gasteiger partial charge < -0.3 is 9.64 Å². The molecule has 0 amide bonds. The van der Waals surface area contributed by atoms with Gasteiger partial charge in [0.2, 0.25) is 0 Å². The third-order valence-corrected chi connectivity index (χ3v) is 16.5. The van der Waals surface area contributed by atoms with Crippen LogP contribution < -0.4 is 4.90 Å². The van der Waals surface area contributed by atoms with Crippen LogP contribution in [0.15, 0.2) is 249 Å². The van der Waals surface area contributed by atoms with E-state index in [0.717, 1.165) is 33.9 Å². The summed E-state index contributed by atoms with van der Waals surface area (Å²) >= 11 is 0. The van der Waals surface area contributed by atoms with Crippen molar-refractivity contribution in [2.24, 2.45) is 0 Å². The largest absolute Gasteiger partial charge is 0.484 e. The second-order valence-electron chi connectivity index (χ2n) is 20.4. The summed E-state index contributed by atoms with van der Waals surface area (Å²) in [5.41, 5.74) is 23.3. The molecule has 3 aliphatic carbocycles. The third kappa shape index (κ3) is 5.82. The van der Waals surface area contributed by atoms with Gasteiger partial charge in [-0.15, -0.1) is 0 Å². The van der Waals surface area contributed by atoms with Gasteiger partial charge in [-0.05, 0) is 121 Å². The van der Waals surface area contributed by atoms with E-state index in [2.05, 4.69) is 274 Å². The average Bonchev–Trinajstić information content (AvgIpc) is 4.08. The van der Waals surface area contributed by atoms with Crippen LogP contribution in [0.5, 0.6) is 0 Å². The molecule has 2 nitrogen and oxygen atoms in total. The SMILES string of the molecule is CC1(C)c2ccccc2-c2ccc(N(c3ccc(-c4ccc5c(c4)C4(c6ccccc6-5)c5ccccc5C5C(c6ccccc6)=C(c6ccccc6)OC54C)cc3)c3ccccc3-c3ccccc3)cc21. The lowest BCUT2D eigenvalue weighted by Gasteiger charge is -2.43. The molecule has 4 aliphatic rings. The van der Waals surface area contributed by atoms with Gasteiger partial charge in [-0.2, -0.15) is 0 Å². The lowest BCUT2D eigenvalue weighted by Crippen LogP contribution is -2.48. The number of hydrogen-bond donors (Lipinski definition) is 0. The summed E-state index contributed by atoms with van der Waals surface area (Å²) in [6.45, 7) is 7.12. The van der Waals surface area contributed by atoms with E-state index < -0.39 is 11.0 Å². The van der Waals surface area contributed by atoms with E-state index in [4.69, 9.17) is 4.74 Å². The molecule has 0 radical (unpaired) electrons. The molecule has 71 heavy (non-hydrogen) atoms. The van der Waals surface area contributed by atoms with Gasteiger partial charge in [-0.25, -0.2) is 0 Å². The number of hydrogen-bond acceptors (Lipinski definition) is 2. The van der Waals surface area contributed by atoms with E-state index in [1.165, 1.54) is 83.5 Å². The van der Waals surface area contributed by atoms with Gasteiger partial charge >= 0.3 is 0 Å². The number of nitrogens with zero attached hydrogens (tertiary/aromatic N) is 1. The molecular weight excluding hydrogens is 859 g/mol. The molecule has 0 fully saturated rings. The molecule has 3 unspecified atom stereocenters. The highest BCUT2D eigenvalue weighted by atomic mass is 16.5. The molecule has 10 aromatic carbocycles. The first kappa shape index (κ1) is 41.5. The highest BCUT2D eigenvalue weighted by Crippen LogP contribution is 2.72. The predicted octanol–water partition coefficient (Wildman–Crippen LogP) is 17.6. The van der Waals surface area contributed by atoms with Crippen molar-refractivity contribution >= 4 is 28.4 Å². The van der Waals surface area contributed by atoms with Crippen LogP contribution in [-0.4, -0.2) is 5.60 Å². The first-order valence-electron chi connectivity index (χ1n) is 25.0. The molecule has 0 saturated heterocycles. The minimum absolute atomic E-state index is 0.0260. The van der Waals surface area contributed by atoms with Crippen molar-refractivity contribution in [1.29, 1.82) is 0 Å². The number of ether oxygens (including phenoxy) is 1. The molecule has 10 aromatic rings. The van der Waals surface area contributed by atoms with Gasteiger partial charge in [0.1, 0.15) is 11.4 Å². The number of anilines is 3. The van der Waals surface area contributed by atoms with Crippen LogP contribution in [0.2, 0.25) is 0 Å². The molecule has 338 valence electrons. The van der Waals surface area contributed by atoms with Crippen LogP contribution >= 0.6 is 0 Å². The lowest BCUT2D eigenvalue weighted by atomic mass is 9.63. The zero-order chi connectivity index (χ0) is 47.5. The Hall–Kier alpha value is -8.46. The van der Waals surface area contributed by atoms with Crippen LogP contribution in [-0.2, 0) is 15.6 Å². The van der Waals surface area contributed by atoms with Crippen molar-refractivity contribution in [2.75, 3.05) is 4.90 Å². The summed E-state index contributed by atoms with van der Waals surface area (Å²) in [4.78, 5) is 2.45. The molecular formula is C69H51NO. The third-order valence-electron chi connectivity index (χ3n) is 16.5. The minimum atomic E-state index is -0.699. The monoisotopic (exact) mass is 909 g/mol. The number of rotatable bonds is 7. The summed E-state index contributed by atoms with van der Waals surface area (Å²) in [5, 5.41) is 0. The second kappa shape index (κ2) is 15.5. The summed E-state index contributed by atoms with van der Waals surface area (Å²) in [6.07, 6.45) is 0. The van der Waals surface area contributed by atoms with E-state index in [0.29, 0.717) is 0 Å². The van der Waals surface area contributed by atoms with Gasteiger partial charge in [0, 0.05) is 33.5 Å². The van der Waals surface area contributed by atoms with Gasteiger partial charge in [0.25, 0.3) is 0 Å². The first-order chi connectivity index (χ1) is 34.9. The van der Waals surface area contributed by atoms with Gasteiger partial charge in [-0.3, -0.25) is 0 Å². The normalized spacial score (nSPS) is 19.3. The number of benzene rings is 10. The molecule has 0 bridgehead atoms. The van der Waals surface area contributed by atoms with E-state index in [1.54, 1.807) is 0 Å². The number of fused-ring (bicyclic) bond motifs is 13. The Morgan fingerprint density at radius 3 is 1.58 bits per heavy atom. The maximum absolute atomic E-state index is 7.81. The van der Waals surface area contributed by atoms with Crippen LogP contribution in [0, 0.1) is 0 Å². The summed E-state index contributed by atoms with van der Waals surface area (Å²) in [6, 6.07) is 91.9. The highest BCUT2D eigenvalue weighted by molar-refractivity contribution is 5.99. The van der Waals surface area contributed by atoms with Gasteiger partial charge in [0.05, 0.1) is 17.0 Å². The van der Waals surface area contributed by atoms with E-state index in [9.17, 15) is 0 Å². The Morgan fingerprint density at radius 2 is 0.859 bits per heavy atom. The molecule has 1 heterocycles. The first-order valence-corrected chi connectivity index (χ1v) is 25.0. The maximum Gasteiger partial charge on any atom is 0.135 e. The number of para-hydroxylation sites is 1. The Bertz CT molecular complexity index is 3780. The van der Waals surface area contributed by atoms with Crippen LogP contribution in [0.25, 0.3) is 55.8 Å². The van der Waals surface area contributed by atoms with Crippen molar-refractivity contribution < 1.29 is 4.74 Å². The second-order valence-corrected chi connectivity index (χ2v) is 20.4. The molecule has 0 saturated carbocycles. The Morgan fingerprint density at radius 1 is 0.352 bits per heavy atom. The van der Waals surface area contributed by atoms with Crippen LogP contribution in [0.4, 0.5) is 17.1 Å². The van der Waals surface area contributed by atoms with Gasteiger partial charge in [-0.1, -0.05) is 226 Å². The van der Waals surface area contributed by atoms with Crippen molar-refractivity contribution in [3.8, 4) is 44.5 Å². The van der Waals surface area contributed by atoms with E-state index >= 15 is 0 Å². The van der Waals surface area contributed by atoms with Crippen molar-refractivity contribution in [1.82, 2.24) is 0 Å². The topological polar surface area (TPSA) is 12.5 Å². The zero-order valence-electron chi connectivity index (χ0n) is 40.1. The quantitative estimate of drug-likeness (QED) is 0.158. The van der Waals surface area contributed by atoms with Crippen LogP contribution in [0.3, 0.4) is 0 Å². The minimum Gasteiger partial charge on any atom is -0.484 e. The Labute approximate surface area is 416 Å². The lowest BCUT2D eigenvalue weighted by molar-refractivity contribution is 0.0308. The molecule has 3 atom stereocenters. The zero-order valence-corrected chi connectivity index (χ0v) is 40.1. The molecule has 2 heteroatoms. The van der Waals surface area contributed by atoms with Crippen molar-refractivity contribution in [2.45, 2.75) is 43.1 Å². The van der Waals surface area contributed by atoms with Crippen molar-refractivity contribution in [3.63, 3.8) is 0 Å². The van der Waals surface area contributed by atoms with Crippen LogP contribution in [0.1, 0.15) is 71.2 Å². The highest BCUT2D eigenvalue weighted by Gasteiger charge is 2.70. The summed E-state index contributed by atoms with van der Waals surface area (Å²) < 4.78 is 7.81. The van der Waals surface area contributed by atoms with E-state index in [1.807, 2.05) is 0 Å². The predicted molar refractivity (Wildman–Crippen MR) is 293 cm³/mol.